The summed E-state index contributed by atoms with van der Waals surface area (Å²) in [5.74, 6) is 0. The average Bonchev–Trinajstić information content (AvgIpc) is 4.12. The Labute approximate surface area is 305 Å². The summed E-state index contributed by atoms with van der Waals surface area (Å²) >= 11 is 0. The van der Waals surface area contributed by atoms with E-state index < -0.39 is 6.10 Å². The molecule has 0 radical (unpaired) electrons. The van der Waals surface area contributed by atoms with Gasteiger partial charge in [-0.1, -0.05) is 186 Å². The Kier molecular flexibility index (Phi) is 48.6. The fraction of sp³-hybridized carbons (Fsp3) is 0.442. The van der Waals surface area contributed by atoms with Gasteiger partial charge in [0.2, 0.25) is 0 Å². The molecule has 2 aliphatic rings. The fourth-order valence-corrected chi connectivity index (χ4v) is 2.67. The van der Waals surface area contributed by atoms with E-state index in [4.69, 9.17) is 24.1 Å². The van der Waals surface area contributed by atoms with Crippen LogP contribution in [-0.2, 0) is 28.4 Å². The molecule has 0 amide bonds. The van der Waals surface area contributed by atoms with E-state index in [9.17, 15) is 0 Å². The molecular weight excluding hydrogens is 628 g/mol. The van der Waals surface area contributed by atoms with Gasteiger partial charge in [-0.3, -0.25) is 0 Å². The Morgan fingerprint density at radius 1 is 0.420 bits per heavy atom. The van der Waals surface area contributed by atoms with Crippen LogP contribution in [0, 0.1) is 0 Å². The van der Waals surface area contributed by atoms with Crippen molar-refractivity contribution in [1.82, 2.24) is 0 Å². The number of aliphatic hydroxyl groups is 1. The van der Waals surface area contributed by atoms with E-state index in [1.165, 1.54) is 12.8 Å². The zero-order valence-corrected chi connectivity index (χ0v) is 32.1. The van der Waals surface area contributed by atoms with Gasteiger partial charge >= 0.3 is 0 Å². The van der Waals surface area contributed by atoms with E-state index in [0.29, 0.717) is 25.4 Å². The first kappa shape index (κ1) is 51.0. The van der Waals surface area contributed by atoms with Crippen molar-refractivity contribution in [3.8, 4) is 0 Å². The average molecular weight is 697 g/mol. The van der Waals surface area contributed by atoms with Gasteiger partial charge in [-0.25, -0.2) is 0 Å². The van der Waals surface area contributed by atoms with Crippen LogP contribution in [0.25, 0.3) is 0 Å². The van der Waals surface area contributed by atoms with E-state index in [0.717, 1.165) is 26.4 Å². The molecule has 4 aromatic rings. The smallest absolute Gasteiger partial charge is 0.104 e. The third-order valence-electron chi connectivity index (χ3n) is 4.89. The SMILES string of the molecule is CCC.CCC.COCC(O)COC.COCC1CO1.COCC1CO1.c1ccccc1.c1ccccc1.c1ccccc1.c1ccccc1. The predicted octanol–water partition coefficient (Wildman–Crippen LogP) is 9.28. The first-order chi connectivity index (χ1) is 24.5. The first-order valence-electron chi connectivity index (χ1n) is 17.4. The molecule has 2 heterocycles. The molecule has 2 saturated heterocycles. The molecule has 0 aliphatic carbocycles. The van der Waals surface area contributed by atoms with Crippen molar-refractivity contribution in [2.24, 2.45) is 0 Å². The molecule has 4 aromatic carbocycles. The van der Waals surface area contributed by atoms with E-state index in [1.54, 1.807) is 28.4 Å². The van der Waals surface area contributed by atoms with E-state index in [1.807, 2.05) is 146 Å². The summed E-state index contributed by atoms with van der Waals surface area (Å²) < 4.78 is 28.4. The normalized spacial score (nSPS) is 13.6. The monoisotopic (exact) mass is 696 g/mol. The molecule has 282 valence electrons. The number of hydrogen-bond donors (Lipinski definition) is 1. The summed E-state index contributed by atoms with van der Waals surface area (Å²) in [6, 6.07) is 48.0. The Morgan fingerprint density at radius 3 is 0.660 bits per heavy atom. The van der Waals surface area contributed by atoms with Gasteiger partial charge in [0.15, 0.2) is 0 Å². The maximum atomic E-state index is 8.80. The third kappa shape index (κ3) is 56.9. The molecule has 0 spiro atoms. The van der Waals surface area contributed by atoms with Crippen molar-refractivity contribution in [2.45, 2.75) is 58.8 Å². The maximum Gasteiger partial charge on any atom is 0.104 e. The summed E-state index contributed by atoms with van der Waals surface area (Å²) in [5, 5.41) is 8.80. The van der Waals surface area contributed by atoms with Crippen LogP contribution in [0.1, 0.15) is 40.5 Å². The lowest BCUT2D eigenvalue weighted by Crippen LogP contribution is -2.19. The maximum absolute atomic E-state index is 8.80. The summed E-state index contributed by atoms with van der Waals surface area (Å²) in [6.07, 6.45) is 2.87. The van der Waals surface area contributed by atoms with E-state index >= 15 is 0 Å². The lowest BCUT2D eigenvalue weighted by atomic mass is 10.4. The standard InChI is InChI=1S/4C6H6.C5H12O3.2C4H8O2.2C3H8/c4*1-2-4-6-5-3-1;1-7-3-5(6)4-8-2;2*1-5-2-4-3-6-4;2*1-3-2/h4*1-6H;5-6H,3-4H2,1-2H3;2*4H,2-3H2,1H3;2*3H2,1-2H3. The molecule has 2 unspecified atom stereocenters. The van der Waals surface area contributed by atoms with Gasteiger partial charge in [-0.15, -0.1) is 0 Å². The third-order valence-corrected chi connectivity index (χ3v) is 4.89. The quantitative estimate of drug-likeness (QED) is 0.184. The highest BCUT2D eigenvalue weighted by molar-refractivity contribution is 5.01. The molecule has 0 bridgehead atoms. The Bertz CT molecular complexity index is 765. The number of epoxide rings is 2. The van der Waals surface area contributed by atoms with Gasteiger partial charge < -0.3 is 33.5 Å². The molecule has 7 heteroatoms. The first-order valence-corrected chi connectivity index (χ1v) is 17.4. The number of ether oxygens (including phenoxy) is 6. The second-order valence-electron chi connectivity index (χ2n) is 10.4. The molecular formula is C43H68O7. The largest absolute Gasteiger partial charge is 0.388 e. The highest BCUT2D eigenvalue weighted by Crippen LogP contribution is 2.07. The summed E-state index contributed by atoms with van der Waals surface area (Å²) in [7, 11) is 6.45. The van der Waals surface area contributed by atoms with Gasteiger partial charge in [-0.05, 0) is 0 Å². The molecule has 7 nitrogen and oxygen atoms in total. The van der Waals surface area contributed by atoms with Crippen molar-refractivity contribution in [2.75, 3.05) is 68.1 Å². The fourth-order valence-electron chi connectivity index (χ4n) is 2.67. The topological polar surface area (TPSA) is 82.2 Å². The second-order valence-corrected chi connectivity index (χ2v) is 10.4. The number of benzene rings is 4. The number of methoxy groups -OCH3 is 4. The molecule has 1 N–H and O–H groups in total. The lowest BCUT2D eigenvalue weighted by Gasteiger charge is -2.05. The van der Waals surface area contributed by atoms with Crippen molar-refractivity contribution >= 4 is 0 Å². The van der Waals surface area contributed by atoms with Gasteiger partial charge in [0.05, 0.1) is 39.6 Å². The van der Waals surface area contributed by atoms with Crippen LogP contribution in [0.5, 0.6) is 0 Å². The van der Waals surface area contributed by atoms with Crippen molar-refractivity contribution in [3.05, 3.63) is 146 Å². The van der Waals surface area contributed by atoms with Crippen LogP contribution in [0.2, 0.25) is 0 Å². The Balaban J connectivity index is -0.000000503. The predicted molar refractivity (Wildman–Crippen MR) is 211 cm³/mol. The van der Waals surface area contributed by atoms with Crippen LogP contribution < -0.4 is 0 Å². The van der Waals surface area contributed by atoms with Gasteiger partial charge in [0.1, 0.15) is 18.3 Å². The van der Waals surface area contributed by atoms with Crippen molar-refractivity contribution < 1.29 is 33.5 Å². The molecule has 2 atom stereocenters. The van der Waals surface area contributed by atoms with E-state index in [-0.39, 0.29) is 0 Å². The molecule has 2 aliphatic heterocycles. The molecule has 0 saturated carbocycles. The van der Waals surface area contributed by atoms with Crippen LogP contribution in [0.15, 0.2) is 146 Å². The number of aliphatic hydroxyl groups excluding tert-OH is 1. The minimum Gasteiger partial charge on any atom is -0.388 e. The Morgan fingerprint density at radius 2 is 0.580 bits per heavy atom. The van der Waals surface area contributed by atoms with Gasteiger partial charge in [0, 0.05) is 28.4 Å². The second kappa shape index (κ2) is 47.7. The highest BCUT2D eigenvalue weighted by atomic mass is 16.6. The van der Waals surface area contributed by atoms with Crippen molar-refractivity contribution in [3.63, 3.8) is 0 Å². The van der Waals surface area contributed by atoms with E-state index in [2.05, 4.69) is 37.2 Å². The molecule has 6 rings (SSSR count). The minimum atomic E-state index is -0.481. The molecule has 50 heavy (non-hydrogen) atoms. The summed E-state index contributed by atoms with van der Waals surface area (Å²) in [6.45, 7) is 12.5. The zero-order valence-electron chi connectivity index (χ0n) is 32.1. The minimum absolute atomic E-state index is 0.341. The number of hydrogen-bond acceptors (Lipinski definition) is 7. The van der Waals surface area contributed by atoms with Crippen LogP contribution in [0.3, 0.4) is 0 Å². The van der Waals surface area contributed by atoms with Crippen LogP contribution >= 0.6 is 0 Å². The molecule has 2 fully saturated rings. The Hall–Kier alpha value is -3.40. The highest BCUT2D eigenvalue weighted by Gasteiger charge is 2.21. The van der Waals surface area contributed by atoms with Gasteiger partial charge in [-0.2, -0.15) is 0 Å². The molecule has 0 aromatic heterocycles. The van der Waals surface area contributed by atoms with Crippen LogP contribution in [-0.4, -0.2) is 91.5 Å². The zero-order chi connectivity index (χ0) is 37.6. The van der Waals surface area contributed by atoms with Crippen molar-refractivity contribution in [1.29, 1.82) is 0 Å². The summed E-state index contributed by atoms with van der Waals surface area (Å²) in [4.78, 5) is 0. The number of rotatable bonds is 8. The van der Waals surface area contributed by atoms with Crippen LogP contribution in [0.4, 0.5) is 0 Å². The van der Waals surface area contributed by atoms with Gasteiger partial charge in [0.25, 0.3) is 0 Å². The summed E-state index contributed by atoms with van der Waals surface area (Å²) in [5.41, 5.74) is 0. The lowest BCUT2D eigenvalue weighted by molar-refractivity contribution is 0.00980.